The molecule has 23 heavy (non-hydrogen) atoms. The molecule has 2 aromatic carbocycles. The highest BCUT2D eigenvalue weighted by Gasteiger charge is 2.18. The molecule has 0 spiro atoms. The lowest BCUT2D eigenvalue weighted by Crippen LogP contribution is -2.15. The number of hydrogen-bond donors (Lipinski definition) is 1. The Labute approximate surface area is 132 Å². The van der Waals surface area contributed by atoms with Crippen LogP contribution in [-0.4, -0.2) is 12.5 Å². The van der Waals surface area contributed by atoms with Crippen LogP contribution < -0.4 is 10.1 Å². The van der Waals surface area contributed by atoms with Gasteiger partial charge in [0.25, 0.3) is 5.91 Å². The summed E-state index contributed by atoms with van der Waals surface area (Å²) < 4.78 is 45.1. The zero-order chi connectivity index (χ0) is 17.0. The van der Waals surface area contributed by atoms with E-state index in [1.807, 2.05) is 13.8 Å². The first-order valence-corrected chi connectivity index (χ1v) is 7.06. The molecule has 6 heteroatoms. The summed E-state index contributed by atoms with van der Waals surface area (Å²) in [4.78, 5) is 11.9. The molecule has 0 saturated heterocycles. The highest BCUT2D eigenvalue weighted by molar-refractivity contribution is 6.04. The fourth-order valence-electron chi connectivity index (χ4n) is 1.80. The molecule has 0 bridgehead atoms. The molecule has 0 radical (unpaired) electrons. The molecule has 0 heterocycles. The van der Waals surface area contributed by atoms with Crippen molar-refractivity contribution in [2.75, 3.05) is 11.9 Å². The SMILES string of the molecule is CC(C)COc1ccc(NC(=O)c2ccc(F)c(F)c2F)cc1. The molecule has 1 amide bonds. The summed E-state index contributed by atoms with van der Waals surface area (Å²) in [5.41, 5.74) is -0.180. The highest BCUT2D eigenvalue weighted by Crippen LogP contribution is 2.19. The summed E-state index contributed by atoms with van der Waals surface area (Å²) in [5.74, 6) is -4.38. The lowest BCUT2D eigenvalue weighted by molar-refractivity contribution is 0.102. The Kier molecular flexibility index (Phi) is 5.26. The van der Waals surface area contributed by atoms with Gasteiger partial charge < -0.3 is 10.1 Å². The third-order valence-electron chi connectivity index (χ3n) is 2.98. The molecule has 2 rings (SSSR count). The number of nitrogens with one attached hydrogen (secondary N) is 1. The Morgan fingerprint density at radius 2 is 1.70 bits per heavy atom. The lowest BCUT2D eigenvalue weighted by atomic mass is 10.1. The van der Waals surface area contributed by atoms with E-state index >= 15 is 0 Å². The van der Waals surface area contributed by atoms with Gasteiger partial charge in [-0.3, -0.25) is 4.79 Å². The number of carbonyl (C=O) groups excluding carboxylic acids is 1. The van der Waals surface area contributed by atoms with Gasteiger partial charge in [0, 0.05) is 5.69 Å². The van der Waals surface area contributed by atoms with Gasteiger partial charge in [0.1, 0.15) is 5.75 Å². The van der Waals surface area contributed by atoms with Gasteiger partial charge in [-0.05, 0) is 42.3 Å². The van der Waals surface area contributed by atoms with Gasteiger partial charge in [-0.1, -0.05) is 13.8 Å². The Morgan fingerprint density at radius 1 is 1.04 bits per heavy atom. The van der Waals surface area contributed by atoms with Gasteiger partial charge in [0.2, 0.25) is 0 Å². The van der Waals surface area contributed by atoms with Crippen LogP contribution in [0.2, 0.25) is 0 Å². The summed E-state index contributed by atoms with van der Waals surface area (Å²) in [6.07, 6.45) is 0. The molecule has 0 aliphatic rings. The molecular weight excluding hydrogens is 307 g/mol. The Hall–Kier alpha value is -2.50. The van der Waals surface area contributed by atoms with Crippen LogP contribution in [0.1, 0.15) is 24.2 Å². The van der Waals surface area contributed by atoms with E-state index in [-0.39, 0.29) is 0 Å². The van der Waals surface area contributed by atoms with Crippen LogP contribution in [0.15, 0.2) is 36.4 Å². The average Bonchev–Trinajstić information content (AvgIpc) is 2.52. The number of hydrogen-bond acceptors (Lipinski definition) is 2. The first-order valence-electron chi connectivity index (χ1n) is 7.06. The Bertz CT molecular complexity index is 700. The number of benzene rings is 2. The number of carbonyl (C=O) groups is 1. The van der Waals surface area contributed by atoms with E-state index in [2.05, 4.69) is 5.32 Å². The van der Waals surface area contributed by atoms with Gasteiger partial charge in [0.05, 0.1) is 12.2 Å². The van der Waals surface area contributed by atoms with E-state index in [9.17, 15) is 18.0 Å². The average molecular weight is 323 g/mol. The number of amides is 1. The summed E-state index contributed by atoms with van der Waals surface area (Å²) in [5, 5.41) is 2.41. The topological polar surface area (TPSA) is 38.3 Å². The minimum atomic E-state index is -1.67. The zero-order valence-electron chi connectivity index (χ0n) is 12.7. The summed E-state index contributed by atoms with van der Waals surface area (Å²) >= 11 is 0. The summed E-state index contributed by atoms with van der Waals surface area (Å²) in [6.45, 7) is 4.60. The molecule has 122 valence electrons. The molecule has 0 aliphatic carbocycles. The maximum absolute atomic E-state index is 13.6. The number of anilines is 1. The lowest BCUT2D eigenvalue weighted by Gasteiger charge is -2.10. The molecule has 0 saturated carbocycles. The van der Waals surface area contributed by atoms with Crippen molar-refractivity contribution < 1.29 is 22.7 Å². The molecule has 0 fully saturated rings. The minimum absolute atomic E-state index is 0.380. The molecule has 0 aliphatic heterocycles. The van der Waals surface area contributed by atoms with Crippen LogP contribution in [-0.2, 0) is 0 Å². The molecule has 2 aromatic rings. The van der Waals surface area contributed by atoms with Crippen LogP contribution in [0.3, 0.4) is 0 Å². The van der Waals surface area contributed by atoms with Crippen molar-refractivity contribution in [2.45, 2.75) is 13.8 Å². The minimum Gasteiger partial charge on any atom is -0.493 e. The molecular formula is C17H16F3NO2. The van der Waals surface area contributed by atoms with E-state index in [1.165, 1.54) is 0 Å². The first kappa shape index (κ1) is 16.9. The van der Waals surface area contributed by atoms with Crippen molar-refractivity contribution in [3.63, 3.8) is 0 Å². The van der Waals surface area contributed by atoms with Crippen molar-refractivity contribution in [1.29, 1.82) is 0 Å². The molecule has 0 aromatic heterocycles. The standard InChI is InChI=1S/C17H16F3NO2/c1-10(2)9-23-12-5-3-11(4-6-12)21-17(22)13-7-8-14(18)16(20)15(13)19/h3-8,10H,9H2,1-2H3,(H,21,22). The molecule has 1 N–H and O–H groups in total. The van der Waals surface area contributed by atoms with Crippen molar-refractivity contribution in [3.8, 4) is 5.75 Å². The van der Waals surface area contributed by atoms with E-state index in [4.69, 9.17) is 4.74 Å². The van der Waals surface area contributed by atoms with E-state index in [1.54, 1.807) is 24.3 Å². The van der Waals surface area contributed by atoms with E-state index in [0.717, 1.165) is 6.07 Å². The van der Waals surface area contributed by atoms with Crippen molar-refractivity contribution >= 4 is 11.6 Å². The van der Waals surface area contributed by atoms with Crippen molar-refractivity contribution in [3.05, 3.63) is 59.4 Å². The molecule has 3 nitrogen and oxygen atoms in total. The van der Waals surface area contributed by atoms with Gasteiger partial charge in [-0.2, -0.15) is 0 Å². The second-order valence-electron chi connectivity index (χ2n) is 5.41. The van der Waals surface area contributed by atoms with Gasteiger partial charge in [0.15, 0.2) is 17.5 Å². The Balaban J connectivity index is 2.07. The van der Waals surface area contributed by atoms with Gasteiger partial charge in [-0.25, -0.2) is 13.2 Å². The zero-order valence-corrected chi connectivity index (χ0v) is 12.7. The normalized spacial score (nSPS) is 10.7. The van der Waals surface area contributed by atoms with Gasteiger partial charge >= 0.3 is 0 Å². The fourth-order valence-corrected chi connectivity index (χ4v) is 1.80. The number of ether oxygens (including phenoxy) is 1. The van der Waals surface area contributed by atoms with Crippen LogP contribution in [0.4, 0.5) is 18.9 Å². The summed E-state index contributed by atoms with van der Waals surface area (Å²) in [7, 11) is 0. The quantitative estimate of drug-likeness (QED) is 0.829. The van der Waals surface area contributed by atoms with Gasteiger partial charge in [-0.15, -0.1) is 0 Å². The number of halogens is 3. The third kappa shape index (κ3) is 4.25. The largest absolute Gasteiger partial charge is 0.493 e. The van der Waals surface area contributed by atoms with E-state index < -0.39 is 28.9 Å². The second-order valence-corrected chi connectivity index (χ2v) is 5.41. The first-order chi connectivity index (χ1) is 10.9. The van der Waals surface area contributed by atoms with Crippen LogP contribution in [0, 0.1) is 23.4 Å². The Morgan fingerprint density at radius 3 is 2.30 bits per heavy atom. The second kappa shape index (κ2) is 7.17. The van der Waals surface area contributed by atoms with Crippen molar-refractivity contribution in [1.82, 2.24) is 0 Å². The predicted molar refractivity (Wildman–Crippen MR) is 81.0 cm³/mol. The molecule has 0 unspecified atom stereocenters. The maximum Gasteiger partial charge on any atom is 0.258 e. The number of rotatable bonds is 5. The van der Waals surface area contributed by atoms with Crippen LogP contribution >= 0.6 is 0 Å². The van der Waals surface area contributed by atoms with Crippen LogP contribution in [0.5, 0.6) is 5.75 Å². The summed E-state index contributed by atoms with van der Waals surface area (Å²) in [6, 6.07) is 8.05. The fraction of sp³-hybridized carbons (Fsp3) is 0.235. The maximum atomic E-state index is 13.6. The monoisotopic (exact) mass is 323 g/mol. The van der Waals surface area contributed by atoms with Crippen LogP contribution in [0.25, 0.3) is 0 Å². The highest BCUT2D eigenvalue weighted by atomic mass is 19.2. The third-order valence-corrected chi connectivity index (χ3v) is 2.98. The molecule has 0 atom stereocenters. The predicted octanol–water partition coefficient (Wildman–Crippen LogP) is 4.39. The van der Waals surface area contributed by atoms with E-state index in [0.29, 0.717) is 30.0 Å². The smallest absolute Gasteiger partial charge is 0.258 e. The van der Waals surface area contributed by atoms with Crippen molar-refractivity contribution in [2.24, 2.45) is 5.92 Å².